The van der Waals surface area contributed by atoms with Gasteiger partial charge < -0.3 is 29.1 Å². The van der Waals surface area contributed by atoms with E-state index in [1.54, 1.807) is 0 Å². The van der Waals surface area contributed by atoms with Crippen molar-refractivity contribution in [3.05, 3.63) is 12.0 Å². The van der Waals surface area contributed by atoms with E-state index < -0.39 is 6.72 Å². The van der Waals surface area contributed by atoms with Crippen LogP contribution in [0.2, 0.25) is 0 Å². The van der Waals surface area contributed by atoms with Gasteiger partial charge >= 0.3 is 6.72 Å². The summed E-state index contributed by atoms with van der Waals surface area (Å²) < 4.78 is 23.3. The van der Waals surface area contributed by atoms with Crippen molar-refractivity contribution in [2.45, 2.75) is 50.6 Å². The largest absolute Gasteiger partial charge is 0.382 e. The van der Waals surface area contributed by atoms with Crippen molar-refractivity contribution < 1.29 is 23.4 Å². The molecular formula is C17H25N4O5PS. The first-order chi connectivity index (χ1) is 13.4. The standard InChI is InChI=1S/C17H25N4O5PS/c1-3-12-10-7-24-16(15(10)26-27(22,28)23-2)14(25-12)9-4-5-11-13(19-6-9)17(18)21-8-20-11/h6,8-10,12,14-16H,3-5,7H2,1-2H3,(H,22,28)(H2,18,20,21)/t9?,10?,12?,14-,15?,16?,27?/m0/s1. The second-order valence-corrected chi connectivity index (χ2v) is 10.2. The zero-order valence-corrected chi connectivity index (χ0v) is 17.5. The smallest absolute Gasteiger partial charge is 0.324 e. The molecule has 11 heteroatoms. The second-order valence-electron chi connectivity index (χ2n) is 7.27. The van der Waals surface area contributed by atoms with Gasteiger partial charge in [-0.1, -0.05) is 6.92 Å². The van der Waals surface area contributed by atoms with E-state index in [-0.39, 0.29) is 36.3 Å². The van der Waals surface area contributed by atoms with Gasteiger partial charge in [-0.25, -0.2) is 9.97 Å². The molecule has 0 saturated carbocycles. The van der Waals surface area contributed by atoms with Gasteiger partial charge in [0.2, 0.25) is 0 Å². The molecule has 1 aromatic rings. The number of hydrogen-bond donors (Lipinski definition) is 2. The average Bonchev–Trinajstić information content (AvgIpc) is 2.86. The summed E-state index contributed by atoms with van der Waals surface area (Å²) in [5.41, 5.74) is 7.41. The van der Waals surface area contributed by atoms with Crippen LogP contribution in [0.25, 0.3) is 0 Å². The molecule has 4 heterocycles. The lowest BCUT2D eigenvalue weighted by Gasteiger charge is -2.42. The highest BCUT2D eigenvalue weighted by Crippen LogP contribution is 2.51. The molecule has 9 nitrogen and oxygen atoms in total. The van der Waals surface area contributed by atoms with Crippen molar-refractivity contribution in [3.63, 3.8) is 0 Å². The van der Waals surface area contributed by atoms with Gasteiger partial charge in [-0.3, -0.25) is 4.99 Å². The van der Waals surface area contributed by atoms with Gasteiger partial charge in [0.1, 0.15) is 24.2 Å². The van der Waals surface area contributed by atoms with Crippen LogP contribution in [0, 0.1) is 11.8 Å². The third-order valence-corrected chi connectivity index (χ3v) is 7.38. The van der Waals surface area contributed by atoms with Crippen LogP contribution in [-0.4, -0.2) is 59.2 Å². The summed E-state index contributed by atoms with van der Waals surface area (Å²) >= 11 is 5.08. The maximum atomic E-state index is 10.2. The number of aryl methyl sites for hydroxylation is 1. The van der Waals surface area contributed by atoms with Crippen LogP contribution in [0.4, 0.5) is 11.5 Å². The third kappa shape index (κ3) is 3.75. The molecule has 0 amide bonds. The molecule has 7 atom stereocenters. The highest BCUT2D eigenvalue weighted by Gasteiger charge is 2.54. The van der Waals surface area contributed by atoms with Gasteiger partial charge in [0.05, 0.1) is 24.5 Å². The van der Waals surface area contributed by atoms with E-state index in [1.165, 1.54) is 13.4 Å². The fourth-order valence-corrected chi connectivity index (χ4v) is 5.23. The summed E-state index contributed by atoms with van der Waals surface area (Å²) in [6.07, 6.45) is 4.57. The first-order valence-corrected chi connectivity index (χ1v) is 12.0. The van der Waals surface area contributed by atoms with Gasteiger partial charge in [-0.2, -0.15) is 0 Å². The van der Waals surface area contributed by atoms with E-state index in [0.717, 1.165) is 18.5 Å². The number of anilines is 1. The molecule has 2 bridgehead atoms. The zero-order valence-electron chi connectivity index (χ0n) is 15.8. The molecule has 2 saturated heterocycles. The van der Waals surface area contributed by atoms with Gasteiger partial charge in [0, 0.05) is 25.2 Å². The van der Waals surface area contributed by atoms with Crippen molar-refractivity contribution in [1.82, 2.24) is 9.97 Å². The van der Waals surface area contributed by atoms with Crippen molar-refractivity contribution >= 4 is 36.2 Å². The Morgan fingerprint density at radius 2 is 2.21 bits per heavy atom. The van der Waals surface area contributed by atoms with Crippen LogP contribution in [0.5, 0.6) is 0 Å². The fraction of sp³-hybridized carbons (Fsp3) is 0.706. The molecule has 0 spiro atoms. The Bertz CT molecular complexity index is 812. The Morgan fingerprint density at radius 3 is 2.96 bits per heavy atom. The van der Waals surface area contributed by atoms with Crippen molar-refractivity contribution in [2.24, 2.45) is 16.8 Å². The highest BCUT2D eigenvalue weighted by atomic mass is 32.5. The molecule has 4 rings (SSSR count). The molecule has 2 fully saturated rings. The summed E-state index contributed by atoms with van der Waals surface area (Å²) in [5.74, 6) is 0.367. The number of fused-ring (bicyclic) bond motifs is 3. The normalized spacial score (nSPS) is 36.5. The Labute approximate surface area is 168 Å². The highest BCUT2D eigenvalue weighted by molar-refractivity contribution is 8.07. The number of ether oxygens (including phenoxy) is 2. The van der Waals surface area contributed by atoms with E-state index in [1.807, 2.05) is 6.21 Å². The van der Waals surface area contributed by atoms with Crippen LogP contribution < -0.4 is 5.73 Å². The lowest BCUT2D eigenvalue weighted by Crippen LogP contribution is -2.53. The molecule has 3 N–H and O–H groups in total. The molecule has 3 aliphatic rings. The van der Waals surface area contributed by atoms with Crippen molar-refractivity contribution in [1.29, 1.82) is 0 Å². The second kappa shape index (κ2) is 8.02. The fourth-order valence-electron chi connectivity index (χ4n) is 4.27. The van der Waals surface area contributed by atoms with Gasteiger partial charge in [-0.05, 0) is 31.1 Å². The summed E-state index contributed by atoms with van der Waals surface area (Å²) in [5, 5.41) is 0. The third-order valence-electron chi connectivity index (χ3n) is 5.71. The molecule has 6 unspecified atom stereocenters. The Morgan fingerprint density at radius 1 is 1.39 bits per heavy atom. The van der Waals surface area contributed by atoms with Gasteiger partial charge in [0.25, 0.3) is 0 Å². The van der Waals surface area contributed by atoms with Crippen molar-refractivity contribution in [3.8, 4) is 0 Å². The Kier molecular flexibility index (Phi) is 5.81. The molecule has 28 heavy (non-hydrogen) atoms. The molecule has 1 aromatic heterocycles. The number of hydrogen-bond acceptors (Lipinski definition) is 9. The molecule has 0 aromatic carbocycles. The number of nitrogens with zero attached hydrogens (tertiary/aromatic N) is 3. The summed E-state index contributed by atoms with van der Waals surface area (Å²) in [7, 11) is 1.36. The Hall–Kier alpha value is -1.00. The summed E-state index contributed by atoms with van der Waals surface area (Å²) in [6.45, 7) is -0.742. The van der Waals surface area contributed by atoms with Gasteiger partial charge in [-0.15, -0.1) is 0 Å². The number of nitrogens with two attached hydrogens (primary N) is 1. The predicted molar refractivity (Wildman–Crippen MR) is 107 cm³/mol. The molecule has 0 aliphatic carbocycles. The molecule has 154 valence electrons. The van der Waals surface area contributed by atoms with Crippen LogP contribution >= 0.6 is 6.72 Å². The van der Waals surface area contributed by atoms with Gasteiger partial charge in [0.15, 0.2) is 5.82 Å². The average molecular weight is 428 g/mol. The minimum absolute atomic E-state index is 0.0114. The number of rotatable bonds is 5. The minimum Gasteiger partial charge on any atom is -0.382 e. The summed E-state index contributed by atoms with van der Waals surface area (Å²) in [4.78, 5) is 23.1. The lowest BCUT2D eigenvalue weighted by molar-refractivity contribution is -0.155. The monoisotopic (exact) mass is 428 g/mol. The van der Waals surface area contributed by atoms with Crippen molar-refractivity contribution in [2.75, 3.05) is 19.5 Å². The Balaban J connectivity index is 1.60. The predicted octanol–water partition coefficient (Wildman–Crippen LogP) is 1.76. The summed E-state index contributed by atoms with van der Waals surface area (Å²) in [6, 6.07) is 0. The lowest BCUT2D eigenvalue weighted by atomic mass is 9.83. The topological polar surface area (TPSA) is 121 Å². The minimum atomic E-state index is -3.31. The van der Waals surface area contributed by atoms with Crippen LogP contribution in [0.3, 0.4) is 0 Å². The number of nitrogen functional groups attached to an aromatic ring is 1. The zero-order chi connectivity index (χ0) is 19.9. The van der Waals surface area contributed by atoms with Crippen LogP contribution in [-0.2, 0) is 36.7 Å². The quantitative estimate of drug-likeness (QED) is 0.676. The van der Waals surface area contributed by atoms with Crippen LogP contribution in [0.1, 0.15) is 25.5 Å². The van der Waals surface area contributed by atoms with E-state index in [0.29, 0.717) is 24.5 Å². The number of aromatic nitrogens is 2. The maximum absolute atomic E-state index is 10.2. The molecule has 3 aliphatic heterocycles. The maximum Gasteiger partial charge on any atom is 0.324 e. The molecule has 0 radical (unpaired) electrons. The molecular weight excluding hydrogens is 403 g/mol. The van der Waals surface area contributed by atoms with Crippen LogP contribution in [0.15, 0.2) is 11.3 Å². The van der Waals surface area contributed by atoms with E-state index in [9.17, 15) is 4.89 Å². The van der Waals surface area contributed by atoms with E-state index in [4.69, 9.17) is 36.1 Å². The SMILES string of the molecule is CCC1O[C@@H](C2C=Nc3c(N)ncnc3CC2)C2OCC1C2OP(O)(=S)OC. The number of aliphatic imine (C=N–C) groups is 1. The first kappa shape index (κ1) is 20.3. The van der Waals surface area contributed by atoms with E-state index in [2.05, 4.69) is 21.9 Å². The first-order valence-electron chi connectivity index (χ1n) is 9.41. The van der Waals surface area contributed by atoms with E-state index >= 15 is 0 Å².